The molecule has 1 atom stereocenters. The lowest BCUT2D eigenvalue weighted by molar-refractivity contribution is 0.496. The molecule has 0 spiro atoms. The molecule has 0 radical (unpaired) electrons. The fourth-order valence-electron chi connectivity index (χ4n) is 1.57. The molecule has 0 bridgehead atoms. The van der Waals surface area contributed by atoms with Crippen molar-refractivity contribution in [2.24, 2.45) is 0 Å². The minimum absolute atomic E-state index is 0.480. The van der Waals surface area contributed by atoms with Gasteiger partial charge in [0.2, 0.25) is 0 Å². The first kappa shape index (κ1) is 12.2. The molecule has 0 aliphatic carbocycles. The minimum atomic E-state index is 0.480. The summed E-state index contributed by atoms with van der Waals surface area (Å²) in [5, 5.41) is 14.1. The third-order valence-corrected chi connectivity index (χ3v) is 3.31. The first-order valence-electron chi connectivity index (χ1n) is 5.52. The molecule has 0 saturated carbocycles. The van der Waals surface area contributed by atoms with E-state index in [1.54, 1.807) is 0 Å². The molecule has 15 heavy (non-hydrogen) atoms. The fourth-order valence-corrected chi connectivity index (χ4v) is 2.40. The van der Waals surface area contributed by atoms with Crippen LogP contribution in [0.2, 0.25) is 0 Å². The van der Waals surface area contributed by atoms with E-state index in [0.717, 1.165) is 13.0 Å². The van der Waals surface area contributed by atoms with Gasteiger partial charge in [0, 0.05) is 17.3 Å². The summed E-state index contributed by atoms with van der Waals surface area (Å²) in [7, 11) is 0. The Hall–Kier alpha value is -0.850. The van der Waals surface area contributed by atoms with Gasteiger partial charge in [-0.2, -0.15) is 5.26 Å². The van der Waals surface area contributed by atoms with Gasteiger partial charge in [-0.05, 0) is 30.8 Å². The van der Waals surface area contributed by atoms with Gasteiger partial charge in [-0.25, -0.2) is 0 Å². The molecule has 1 unspecified atom stereocenters. The summed E-state index contributed by atoms with van der Waals surface area (Å²) in [5.74, 6) is 0. The zero-order valence-electron chi connectivity index (χ0n) is 9.20. The second-order valence-electron chi connectivity index (χ2n) is 3.57. The van der Waals surface area contributed by atoms with Gasteiger partial charge in [-0.3, -0.25) is 0 Å². The summed E-state index contributed by atoms with van der Waals surface area (Å²) in [6.07, 6.45) is 3.96. The summed E-state index contributed by atoms with van der Waals surface area (Å²) in [6.45, 7) is 3.15. The molecule has 0 saturated heterocycles. The largest absolute Gasteiger partial charge is 0.309 e. The Labute approximate surface area is 95.9 Å². The summed E-state index contributed by atoms with van der Waals surface area (Å²) in [5.41, 5.74) is 0. The number of rotatable bonds is 7. The van der Waals surface area contributed by atoms with Gasteiger partial charge in [0.05, 0.1) is 6.07 Å². The van der Waals surface area contributed by atoms with Gasteiger partial charge < -0.3 is 5.32 Å². The van der Waals surface area contributed by atoms with Crippen LogP contribution in [0.1, 0.15) is 43.5 Å². The Balaban J connectivity index is 2.35. The highest BCUT2D eigenvalue weighted by Crippen LogP contribution is 2.22. The normalized spacial score (nSPS) is 12.3. The minimum Gasteiger partial charge on any atom is -0.309 e. The lowest BCUT2D eigenvalue weighted by atomic mass is 10.1. The van der Waals surface area contributed by atoms with Crippen LogP contribution in [-0.4, -0.2) is 6.54 Å². The van der Waals surface area contributed by atoms with Crippen LogP contribution in [0, 0.1) is 11.3 Å². The van der Waals surface area contributed by atoms with E-state index in [4.69, 9.17) is 5.26 Å². The van der Waals surface area contributed by atoms with Gasteiger partial charge in [0.15, 0.2) is 0 Å². The molecule has 0 aliphatic heterocycles. The third kappa shape index (κ3) is 4.46. The van der Waals surface area contributed by atoms with Crippen molar-refractivity contribution in [1.29, 1.82) is 5.26 Å². The van der Waals surface area contributed by atoms with Crippen LogP contribution < -0.4 is 5.32 Å². The van der Waals surface area contributed by atoms with Crippen LogP contribution in [0.15, 0.2) is 17.5 Å². The van der Waals surface area contributed by atoms with Crippen molar-refractivity contribution in [2.45, 2.75) is 38.6 Å². The molecule has 0 amide bonds. The first-order chi connectivity index (χ1) is 7.38. The van der Waals surface area contributed by atoms with E-state index < -0.39 is 0 Å². The number of hydrogen-bond acceptors (Lipinski definition) is 3. The average molecular weight is 222 g/mol. The Morgan fingerprint density at radius 3 is 3.07 bits per heavy atom. The van der Waals surface area contributed by atoms with Crippen LogP contribution in [0.5, 0.6) is 0 Å². The van der Waals surface area contributed by atoms with Gasteiger partial charge >= 0.3 is 0 Å². The highest BCUT2D eigenvalue weighted by atomic mass is 32.1. The van der Waals surface area contributed by atoms with Gasteiger partial charge in [0.1, 0.15) is 0 Å². The molecule has 0 aromatic carbocycles. The number of nitrogens with one attached hydrogen (secondary N) is 1. The highest BCUT2D eigenvalue weighted by Gasteiger charge is 2.09. The maximum absolute atomic E-state index is 8.44. The summed E-state index contributed by atoms with van der Waals surface area (Å²) in [4.78, 5) is 1.41. The lowest BCUT2D eigenvalue weighted by Crippen LogP contribution is -2.21. The van der Waals surface area contributed by atoms with E-state index in [0.29, 0.717) is 12.5 Å². The number of nitriles is 1. The maximum atomic E-state index is 8.44. The zero-order chi connectivity index (χ0) is 10.9. The van der Waals surface area contributed by atoms with Crippen LogP contribution in [-0.2, 0) is 0 Å². The van der Waals surface area contributed by atoms with Crippen molar-refractivity contribution in [1.82, 2.24) is 5.32 Å². The Bertz CT molecular complexity index is 287. The Morgan fingerprint density at radius 2 is 2.47 bits per heavy atom. The zero-order valence-corrected chi connectivity index (χ0v) is 10.0. The molecule has 1 aromatic rings. The monoisotopic (exact) mass is 222 g/mol. The highest BCUT2D eigenvalue weighted by molar-refractivity contribution is 7.10. The van der Waals surface area contributed by atoms with Crippen LogP contribution in [0.4, 0.5) is 0 Å². The summed E-state index contributed by atoms with van der Waals surface area (Å²) < 4.78 is 0. The van der Waals surface area contributed by atoms with E-state index in [1.165, 1.54) is 17.7 Å². The molecule has 1 heterocycles. The van der Waals surface area contributed by atoms with E-state index in [2.05, 4.69) is 35.8 Å². The summed E-state index contributed by atoms with van der Waals surface area (Å²) >= 11 is 1.81. The van der Waals surface area contributed by atoms with E-state index in [9.17, 15) is 0 Å². The SMILES string of the molecule is CCCC(NCCCC#N)c1cccs1. The van der Waals surface area contributed by atoms with E-state index in [1.807, 2.05) is 11.3 Å². The standard InChI is InChI=1S/C12H18N2S/c1-2-6-11(12-7-5-10-15-12)14-9-4-3-8-13/h5,7,10-11,14H,2-4,6,9H2,1H3. The topological polar surface area (TPSA) is 35.8 Å². The number of thiophene rings is 1. The van der Waals surface area contributed by atoms with Crippen molar-refractivity contribution < 1.29 is 0 Å². The lowest BCUT2D eigenvalue weighted by Gasteiger charge is -2.16. The fraction of sp³-hybridized carbons (Fsp3) is 0.583. The van der Waals surface area contributed by atoms with Crippen molar-refractivity contribution in [2.75, 3.05) is 6.54 Å². The Kier molecular flexibility index (Phi) is 6.06. The Morgan fingerprint density at radius 1 is 1.60 bits per heavy atom. The van der Waals surface area contributed by atoms with Gasteiger partial charge in [-0.1, -0.05) is 19.4 Å². The molecule has 1 rings (SSSR count). The molecule has 1 N–H and O–H groups in total. The van der Waals surface area contributed by atoms with Crippen molar-refractivity contribution in [3.8, 4) is 6.07 Å². The molecule has 0 aliphatic rings. The smallest absolute Gasteiger partial charge is 0.0622 e. The number of hydrogen-bond donors (Lipinski definition) is 1. The van der Waals surface area contributed by atoms with E-state index >= 15 is 0 Å². The van der Waals surface area contributed by atoms with Gasteiger partial charge in [-0.15, -0.1) is 11.3 Å². The maximum Gasteiger partial charge on any atom is 0.0622 e. The summed E-state index contributed by atoms with van der Waals surface area (Å²) in [6, 6.07) is 6.93. The van der Waals surface area contributed by atoms with Crippen LogP contribution >= 0.6 is 11.3 Å². The van der Waals surface area contributed by atoms with Crippen LogP contribution in [0.3, 0.4) is 0 Å². The van der Waals surface area contributed by atoms with Gasteiger partial charge in [0.25, 0.3) is 0 Å². The van der Waals surface area contributed by atoms with E-state index in [-0.39, 0.29) is 0 Å². The molecular formula is C12H18N2S. The van der Waals surface area contributed by atoms with Crippen molar-refractivity contribution >= 4 is 11.3 Å². The molecule has 3 heteroatoms. The average Bonchev–Trinajstić information content (AvgIpc) is 2.76. The first-order valence-corrected chi connectivity index (χ1v) is 6.40. The molecule has 0 fully saturated rings. The molecule has 82 valence electrons. The van der Waals surface area contributed by atoms with Crippen LogP contribution in [0.25, 0.3) is 0 Å². The quantitative estimate of drug-likeness (QED) is 0.717. The third-order valence-electron chi connectivity index (χ3n) is 2.32. The predicted octanol–water partition coefficient (Wildman–Crippen LogP) is 3.48. The number of nitrogens with zero attached hydrogens (tertiary/aromatic N) is 1. The van der Waals surface area contributed by atoms with Crippen molar-refractivity contribution in [3.05, 3.63) is 22.4 Å². The molecule has 2 nitrogen and oxygen atoms in total. The molecule has 1 aromatic heterocycles. The number of unbranched alkanes of at least 4 members (excludes halogenated alkanes) is 1. The molecular weight excluding hydrogens is 204 g/mol. The van der Waals surface area contributed by atoms with Crippen molar-refractivity contribution in [3.63, 3.8) is 0 Å². The second-order valence-corrected chi connectivity index (χ2v) is 4.55. The predicted molar refractivity (Wildman–Crippen MR) is 64.8 cm³/mol. The second kappa shape index (κ2) is 7.44.